The van der Waals surface area contributed by atoms with Gasteiger partial charge in [-0.15, -0.1) is 11.3 Å². The number of carbonyl (C=O) groups excluding carboxylic acids is 2. The number of hydrogen-bond donors (Lipinski definition) is 2. The number of benzene rings is 2. The number of nitrogens with one attached hydrogen (secondary N) is 2. The van der Waals surface area contributed by atoms with Crippen LogP contribution in [0.5, 0.6) is 5.75 Å². The third-order valence-electron chi connectivity index (χ3n) is 4.37. The van der Waals surface area contributed by atoms with Gasteiger partial charge in [0, 0.05) is 33.3 Å². The molecule has 0 spiro atoms. The summed E-state index contributed by atoms with van der Waals surface area (Å²) in [4.78, 5) is 26.4. The maximum atomic E-state index is 12.7. The number of hydrogen-bond acceptors (Lipinski definition) is 4. The highest BCUT2D eigenvalue weighted by Gasteiger charge is 2.22. The summed E-state index contributed by atoms with van der Waals surface area (Å²) in [5.41, 5.74) is 3.25. The van der Waals surface area contributed by atoms with Gasteiger partial charge in [0.2, 0.25) is 0 Å². The van der Waals surface area contributed by atoms with Crippen molar-refractivity contribution in [3.8, 4) is 16.2 Å². The molecule has 2 aromatic carbocycles. The summed E-state index contributed by atoms with van der Waals surface area (Å²) >= 11 is 1.46. The van der Waals surface area contributed by atoms with Gasteiger partial charge in [-0.25, -0.2) is 0 Å². The van der Waals surface area contributed by atoms with E-state index in [1.165, 1.54) is 11.3 Å². The van der Waals surface area contributed by atoms with Crippen LogP contribution in [-0.2, 0) is 6.61 Å². The van der Waals surface area contributed by atoms with E-state index in [1.807, 2.05) is 44.2 Å². The van der Waals surface area contributed by atoms with Crippen LogP contribution < -0.4 is 15.4 Å². The average molecular weight is 392 g/mol. The first kappa shape index (κ1) is 18.3. The molecule has 0 radical (unpaired) electrons. The predicted molar refractivity (Wildman–Crippen MR) is 111 cm³/mol. The number of fused-ring (bicyclic) bond motifs is 3. The molecule has 4 rings (SSSR count). The van der Waals surface area contributed by atoms with Crippen LogP contribution in [0.15, 0.2) is 54.6 Å². The van der Waals surface area contributed by atoms with Crippen molar-refractivity contribution >= 4 is 28.8 Å². The first-order valence-electron chi connectivity index (χ1n) is 9.08. The average Bonchev–Trinajstić information content (AvgIpc) is 3.13. The highest BCUT2D eigenvalue weighted by molar-refractivity contribution is 7.17. The highest BCUT2D eigenvalue weighted by Crippen LogP contribution is 2.42. The zero-order valence-electron chi connectivity index (χ0n) is 15.6. The Morgan fingerprint density at radius 1 is 1.04 bits per heavy atom. The Morgan fingerprint density at radius 2 is 1.79 bits per heavy atom. The highest BCUT2D eigenvalue weighted by atomic mass is 32.1. The van der Waals surface area contributed by atoms with Gasteiger partial charge in [-0.1, -0.05) is 12.1 Å². The molecule has 0 aliphatic carbocycles. The molecule has 1 aliphatic heterocycles. The van der Waals surface area contributed by atoms with Gasteiger partial charge in [0.05, 0.1) is 4.88 Å². The topological polar surface area (TPSA) is 67.4 Å². The second-order valence-electron chi connectivity index (χ2n) is 6.91. The minimum absolute atomic E-state index is 0.0749. The lowest BCUT2D eigenvalue weighted by Gasteiger charge is -2.16. The lowest BCUT2D eigenvalue weighted by Crippen LogP contribution is -2.29. The maximum Gasteiger partial charge on any atom is 0.265 e. The largest absolute Gasteiger partial charge is 0.488 e. The minimum Gasteiger partial charge on any atom is -0.488 e. The van der Waals surface area contributed by atoms with Crippen LogP contribution in [0.4, 0.5) is 5.69 Å². The van der Waals surface area contributed by atoms with E-state index in [9.17, 15) is 9.59 Å². The van der Waals surface area contributed by atoms with E-state index in [0.717, 1.165) is 21.8 Å². The van der Waals surface area contributed by atoms with Crippen LogP contribution in [0, 0.1) is 0 Å². The molecule has 28 heavy (non-hydrogen) atoms. The van der Waals surface area contributed by atoms with E-state index in [1.54, 1.807) is 24.3 Å². The van der Waals surface area contributed by atoms with Crippen LogP contribution in [0.3, 0.4) is 0 Å². The van der Waals surface area contributed by atoms with Gasteiger partial charge in [0.1, 0.15) is 12.4 Å². The van der Waals surface area contributed by atoms with Crippen LogP contribution in [-0.4, -0.2) is 17.9 Å². The van der Waals surface area contributed by atoms with Crippen LogP contribution >= 0.6 is 11.3 Å². The van der Waals surface area contributed by atoms with Crippen LogP contribution in [0.1, 0.15) is 39.4 Å². The van der Waals surface area contributed by atoms with Crippen LogP contribution in [0.25, 0.3) is 10.4 Å². The van der Waals surface area contributed by atoms with E-state index in [0.29, 0.717) is 22.7 Å². The Bertz CT molecular complexity index is 1040. The molecule has 0 bridgehead atoms. The van der Waals surface area contributed by atoms with E-state index in [4.69, 9.17) is 4.74 Å². The van der Waals surface area contributed by atoms with Gasteiger partial charge < -0.3 is 15.4 Å². The molecule has 1 aromatic heterocycles. The lowest BCUT2D eigenvalue weighted by molar-refractivity contribution is 0.0942. The fraction of sp³-hybridized carbons (Fsp3) is 0.182. The number of amides is 2. The number of carbonyl (C=O) groups is 2. The summed E-state index contributed by atoms with van der Waals surface area (Å²) < 4.78 is 5.76. The number of anilines is 1. The second-order valence-corrected chi connectivity index (χ2v) is 7.96. The monoisotopic (exact) mass is 392 g/mol. The summed E-state index contributed by atoms with van der Waals surface area (Å²) in [6.45, 7) is 4.29. The summed E-state index contributed by atoms with van der Waals surface area (Å²) in [5, 5.41) is 5.74. The van der Waals surface area contributed by atoms with Crippen molar-refractivity contribution in [1.29, 1.82) is 0 Å². The predicted octanol–water partition coefficient (Wildman–Crippen LogP) is 4.70. The van der Waals surface area contributed by atoms with Gasteiger partial charge in [-0.05, 0) is 56.3 Å². The molecule has 0 saturated carbocycles. The van der Waals surface area contributed by atoms with Gasteiger partial charge in [-0.2, -0.15) is 0 Å². The Morgan fingerprint density at radius 3 is 2.54 bits per heavy atom. The van der Waals surface area contributed by atoms with Crippen molar-refractivity contribution in [2.24, 2.45) is 0 Å². The van der Waals surface area contributed by atoms with E-state index in [2.05, 4.69) is 10.6 Å². The quantitative estimate of drug-likeness (QED) is 0.676. The molecule has 2 N–H and O–H groups in total. The van der Waals surface area contributed by atoms with Crippen molar-refractivity contribution in [2.75, 3.05) is 5.32 Å². The molecule has 6 heteroatoms. The number of para-hydroxylation sites is 1. The van der Waals surface area contributed by atoms with E-state index >= 15 is 0 Å². The molecule has 0 atom stereocenters. The Labute approximate surface area is 167 Å². The summed E-state index contributed by atoms with van der Waals surface area (Å²) in [6.07, 6.45) is 0. The maximum absolute atomic E-state index is 12.7. The molecule has 3 aromatic rings. The van der Waals surface area contributed by atoms with Gasteiger partial charge >= 0.3 is 0 Å². The van der Waals surface area contributed by atoms with Crippen molar-refractivity contribution in [3.05, 3.63) is 70.6 Å². The molecule has 2 heterocycles. The number of rotatable bonds is 4. The zero-order valence-corrected chi connectivity index (χ0v) is 16.4. The van der Waals surface area contributed by atoms with Crippen molar-refractivity contribution in [3.63, 3.8) is 0 Å². The molecule has 2 amide bonds. The standard InChI is InChI=1S/C22H20N2O3S/c1-13(2)23-21(25)14-7-9-16(10-8-14)24-22(26)19-11-15-12-27-18-6-4-3-5-17(18)20(15)28-19/h3-11,13H,12H2,1-2H3,(H,23,25)(H,24,26). The Hall–Kier alpha value is -3.12. The SMILES string of the molecule is CC(C)NC(=O)c1ccc(NC(=O)c2cc3c(s2)-c2ccccc2OC3)cc1. The summed E-state index contributed by atoms with van der Waals surface area (Å²) in [5.74, 6) is 0.549. The normalized spacial score (nSPS) is 12.0. The van der Waals surface area contributed by atoms with E-state index < -0.39 is 0 Å². The Kier molecular flexibility index (Phi) is 4.88. The summed E-state index contributed by atoms with van der Waals surface area (Å²) in [6, 6.07) is 16.7. The van der Waals surface area contributed by atoms with Crippen molar-refractivity contribution in [2.45, 2.75) is 26.5 Å². The lowest BCUT2D eigenvalue weighted by atomic mass is 10.1. The molecule has 0 fully saturated rings. The molecule has 0 saturated heterocycles. The molecule has 5 nitrogen and oxygen atoms in total. The molecule has 142 valence electrons. The number of thiophene rings is 1. The van der Waals surface area contributed by atoms with Gasteiger partial charge in [0.15, 0.2) is 0 Å². The van der Waals surface area contributed by atoms with Crippen LogP contribution in [0.2, 0.25) is 0 Å². The fourth-order valence-electron chi connectivity index (χ4n) is 3.05. The fourth-order valence-corrected chi connectivity index (χ4v) is 4.15. The minimum atomic E-state index is -0.170. The zero-order chi connectivity index (χ0) is 19.7. The van der Waals surface area contributed by atoms with Crippen molar-refractivity contribution in [1.82, 2.24) is 5.32 Å². The molecular formula is C22H20N2O3S. The van der Waals surface area contributed by atoms with Gasteiger partial charge in [0.25, 0.3) is 11.8 Å². The molecule has 0 unspecified atom stereocenters. The third kappa shape index (κ3) is 3.64. The Balaban J connectivity index is 1.50. The smallest absolute Gasteiger partial charge is 0.265 e. The molecule has 1 aliphatic rings. The second kappa shape index (κ2) is 7.48. The summed E-state index contributed by atoms with van der Waals surface area (Å²) in [7, 11) is 0. The number of ether oxygens (including phenoxy) is 1. The first-order chi connectivity index (χ1) is 13.5. The van der Waals surface area contributed by atoms with Gasteiger partial charge in [-0.3, -0.25) is 9.59 Å². The van der Waals surface area contributed by atoms with E-state index in [-0.39, 0.29) is 17.9 Å². The molecular weight excluding hydrogens is 372 g/mol. The first-order valence-corrected chi connectivity index (χ1v) is 9.90. The van der Waals surface area contributed by atoms with Crippen molar-refractivity contribution < 1.29 is 14.3 Å². The third-order valence-corrected chi connectivity index (χ3v) is 5.58.